The Kier molecular flexibility index (Phi) is 4.69. The van der Waals surface area contributed by atoms with Crippen LogP contribution >= 0.6 is 0 Å². The van der Waals surface area contributed by atoms with Gasteiger partial charge in [0.2, 0.25) is 5.91 Å². The second-order valence-electron chi connectivity index (χ2n) is 5.27. The van der Waals surface area contributed by atoms with Gasteiger partial charge in [0.15, 0.2) is 0 Å². The molecule has 0 spiro atoms. The van der Waals surface area contributed by atoms with E-state index in [-0.39, 0.29) is 5.91 Å². The second-order valence-corrected chi connectivity index (χ2v) is 10.5. The lowest BCUT2D eigenvalue weighted by atomic mass is 10.2. The van der Waals surface area contributed by atoms with Crippen LogP contribution in [0.3, 0.4) is 0 Å². The van der Waals surface area contributed by atoms with Crippen LogP contribution in [-0.4, -0.2) is 14.0 Å². The van der Waals surface area contributed by atoms with Crippen molar-refractivity contribution in [3.8, 4) is 0 Å². The number of hydrogen-bond acceptors (Lipinski definition) is 1. The zero-order valence-corrected chi connectivity index (χ0v) is 11.9. The minimum Gasteiger partial charge on any atom is -0.326 e. The zero-order valence-electron chi connectivity index (χ0n) is 10.9. The topological polar surface area (TPSA) is 29.1 Å². The third-order valence-corrected chi connectivity index (χ3v) is 5.14. The summed E-state index contributed by atoms with van der Waals surface area (Å²) < 4.78 is 0. The molecule has 1 aromatic carbocycles. The molecule has 0 unspecified atom stereocenters. The summed E-state index contributed by atoms with van der Waals surface area (Å²) in [7, 11) is -1.29. The monoisotopic (exact) mass is 247 g/mol. The molecule has 0 saturated heterocycles. The minimum atomic E-state index is -1.29. The van der Waals surface area contributed by atoms with Gasteiger partial charge in [0.25, 0.3) is 0 Å². The number of para-hydroxylation sites is 1. The summed E-state index contributed by atoms with van der Waals surface area (Å²) >= 11 is 0. The molecule has 0 saturated carbocycles. The predicted molar refractivity (Wildman–Crippen MR) is 76.8 cm³/mol. The molecule has 0 radical (unpaired) electrons. The van der Waals surface area contributed by atoms with Gasteiger partial charge in [-0.3, -0.25) is 4.79 Å². The smallest absolute Gasteiger partial charge is 0.224 e. The first-order chi connectivity index (χ1) is 7.89. The van der Waals surface area contributed by atoms with Gasteiger partial charge in [0.05, 0.1) is 8.07 Å². The predicted octanol–water partition coefficient (Wildman–Crippen LogP) is 3.84. The maximum atomic E-state index is 11.7. The van der Waals surface area contributed by atoms with Gasteiger partial charge in [-0.25, -0.2) is 0 Å². The van der Waals surface area contributed by atoms with Crippen LogP contribution in [0.5, 0.6) is 0 Å². The fourth-order valence-electron chi connectivity index (χ4n) is 1.38. The van der Waals surface area contributed by atoms with E-state index in [0.29, 0.717) is 6.42 Å². The molecule has 92 valence electrons. The van der Waals surface area contributed by atoms with Crippen LogP contribution in [0.1, 0.15) is 12.8 Å². The highest BCUT2D eigenvalue weighted by Crippen LogP contribution is 2.17. The summed E-state index contributed by atoms with van der Waals surface area (Å²) in [6.07, 6.45) is 1.33. The molecule has 0 aliphatic heterocycles. The van der Waals surface area contributed by atoms with Crippen molar-refractivity contribution in [3.63, 3.8) is 0 Å². The number of rotatable bonds is 5. The fourth-order valence-corrected chi connectivity index (χ4v) is 2.26. The summed E-state index contributed by atoms with van der Waals surface area (Å²) in [6.45, 7) is 10.8. The Balaban J connectivity index is 2.39. The van der Waals surface area contributed by atoms with Crippen LogP contribution in [0.2, 0.25) is 19.6 Å². The quantitative estimate of drug-likeness (QED) is 0.787. The zero-order chi connectivity index (χ0) is 12.9. The Hall–Kier alpha value is -1.35. The maximum Gasteiger partial charge on any atom is 0.224 e. The molecular weight excluding hydrogens is 226 g/mol. The van der Waals surface area contributed by atoms with Gasteiger partial charge in [-0.1, -0.05) is 43.0 Å². The lowest BCUT2D eigenvalue weighted by Gasteiger charge is -2.19. The van der Waals surface area contributed by atoms with E-state index >= 15 is 0 Å². The highest BCUT2D eigenvalue weighted by atomic mass is 28.3. The van der Waals surface area contributed by atoms with Crippen molar-refractivity contribution in [1.29, 1.82) is 0 Å². The molecule has 0 atom stereocenters. The number of anilines is 1. The molecule has 0 aromatic heterocycles. The number of benzene rings is 1. The Morgan fingerprint density at radius 1 is 1.18 bits per heavy atom. The van der Waals surface area contributed by atoms with E-state index in [1.165, 1.54) is 5.20 Å². The Labute approximate surface area is 105 Å². The number of allylic oxidation sites excluding steroid dienone is 1. The van der Waals surface area contributed by atoms with Crippen molar-refractivity contribution in [2.45, 2.75) is 32.5 Å². The van der Waals surface area contributed by atoms with Crippen molar-refractivity contribution in [1.82, 2.24) is 0 Å². The molecule has 1 N–H and O–H groups in total. The first-order valence-corrected chi connectivity index (χ1v) is 9.43. The van der Waals surface area contributed by atoms with Crippen molar-refractivity contribution in [2.75, 3.05) is 5.32 Å². The molecule has 2 nitrogen and oxygen atoms in total. The Morgan fingerprint density at radius 2 is 1.76 bits per heavy atom. The standard InChI is InChI=1S/C14H21NOSi/c1-12(17(2,3)4)10-11-14(16)15-13-8-6-5-7-9-13/h5-9H,1,10-11H2,2-4H3,(H,15,16). The van der Waals surface area contributed by atoms with E-state index in [9.17, 15) is 4.79 Å². The molecule has 0 fully saturated rings. The molecular formula is C14H21NOSi. The van der Waals surface area contributed by atoms with Crippen LogP contribution < -0.4 is 5.32 Å². The van der Waals surface area contributed by atoms with Gasteiger partial charge in [-0.15, -0.1) is 6.58 Å². The molecule has 0 bridgehead atoms. The molecule has 0 heterocycles. The second kappa shape index (κ2) is 5.82. The van der Waals surface area contributed by atoms with Gasteiger partial charge in [-0.2, -0.15) is 0 Å². The van der Waals surface area contributed by atoms with E-state index in [1.54, 1.807) is 0 Å². The van der Waals surface area contributed by atoms with Crippen LogP contribution in [0, 0.1) is 0 Å². The van der Waals surface area contributed by atoms with Crippen molar-refractivity contribution < 1.29 is 4.79 Å². The third-order valence-electron chi connectivity index (χ3n) is 2.77. The summed E-state index contributed by atoms with van der Waals surface area (Å²) in [5, 5.41) is 4.13. The van der Waals surface area contributed by atoms with E-state index in [1.807, 2.05) is 30.3 Å². The van der Waals surface area contributed by atoms with E-state index < -0.39 is 8.07 Å². The molecule has 1 aromatic rings. The summed E-state index contributed by atoms with van der Waals surface area (Å²) in [4.78, 5) is 11.7. The maximum absolute atomic E-state index is 11.7. The van der Waals surface area contributed by atoms with Crippen LogP contribution in [-0.2, 0) is 4.79 Å². The van der Waals surface area contributed by atoms with Crippen molar-refractivity contribution in [3.05, 3.63) is 42.1 Å². The molecule has 17 heavy (non-hydrogen) atoms. The Morgan fingerprint density at radius 3 is 2.29 bits per heavy atom. The van der Waals surface area contributed by atoms with E-state index in [2.05, 4.69) is 31.5 Å². The van der Waals surface area contributed by atoms with Crippen molar-refractivity contribution >= 4 is 19.7 Å². The lowest BCUT2D eigenvalue weighted by molar-refractivity contribution is -0.116. The largest absolute Gasteiger partial charge is 0.326 e. The highest BCUT2D eigenvalue weighted by Gasteiger charge is 2.17. The first kappa shape index (κ1) is 13.7. The van der Waals surface area contributed by atoms with Crippen LogP contribution in [0.4, 0.5) is 5.69 Å². The average Bonchev–Trinajstić information content (AvgIpc) is 2.26. The number of hydrogen-bond donors (Lipinski definition) is 1. The van der Waals surface area contributed by atoms with Gasteiger partial charge in [0.1, 0.15) is 0 Å². The summed E-state index contributed by atoms with van der Waals surface area (Å²) in [6, 6.07) is 9.55. The first-order valence-electron chi connectivity index (χ1n) is 5.93. The highest BCUT2D eigenvalue weighted by molar-refractivity contribution is 6.82. The Bertz CT molecular complexity index is 392. The number of nitrogens with one attached hydrogen (secondary N) is 1. The average molecular weight is 247 g/mol. The lowest BCUT2D eigenvalue weighted by Crippen LogP contribution is -2.24. The number of carbonyl (C=O) groups is 1. The van der Waals surface area contributed by atoms with Crippen LogP contribution in [0.15, 0.2) is 42.1 Å². The van der Waals surface area contributed by atoms with E-state index in [0.717, 1.165) is 12.1 Å². The molecule has 3 heteroatoms. The van der Waals surface area contributed by atoms with E-state index in [4.69, 9.17) is 0 Å². The number of amides is 1. The third kappa shape index (κ3) is 5.00. The van der Waals surface area contributed by atoms with Gasteiger partial charge >= 0.3 is 0 Å². The molecule has 1 rings (SSSR count). The van der Waals surface area contributed by atoms with Gasteiger partial charge < -0.3 is 5.32 Å². The minimum absolute atomic E-state index is 0.0654. The molecule has 1 amide bonds. The van der Waals surface area contributed by atoms with Crippen LogP contribution in [0.25, 0.3) is 0 Å². The SMILES string of the molecule is C=C(CCC(=O)Nc1ccccc1)[Si](C)(C)C. The fraction of sp³-hybridized carbons (Fsp3) is 0.357. The summed E-state index contributed by atoms with van der Waals surface area (Å²) in [5.41, 5.74) is 0.858. The van der Waals surface area contributed by atoms with Gasteiger partial charge in [-0.05, 0) is 18.6 Å². The number of carbonyl (C=O) groups excluding carboxylic acids is 1. The molecule has 0 aliphatic rings. The molecule has 0 aliphatic carbocycles. The van der Waals surface area contributed by atoms with Crippen molar-refractivity contribution in [2.24, 2.45) is 0 Å². The normalized spacial score (nSPS) is 11.0. The summed E-state index contributed by atoms with van der Waals surface area (Å²) in [5.74, 6) is 0.0654. The van der Waals surface area contributed by atoms with Gasteiger partial charge in [0, 0.05) is 12.1 Å².